The molecule has 2 aromatic carbocycles. The fraction of sp³-hybridized carbons (Fsp3) is 0.167. The Morgan fingerprint density at radius 2 is 1.62 bits per heavy atom. The number of benzene rings is 2. The van der Waals surface area contributed by atoms with Crippen LogP contribution in [-0.2, 0) is 4.74 Å². The number of halogens is 1. The predicted octanol–water partition coefficient (Wildman–Crippen LogP) is 3.81. The van der Waals surface area contributed by atoms with Crippen molar-refractivity contribution in [3.63, 3.8) is 0 Å². The second-order valence-corrected chi connectivity index (χ2v) is 6.55. The second kappa shape index (κ2) is 6.20. The van der Waals surface area contributed by atoms with Crippen molar-refractivity contribution < 1.29 is 19.1 Å². The Hall–Kier alpha value is -2.47. The van der Waals surface area contributed by atoms with E-state index < -0.39 is 5.97 Å². The quantitative estimate of drug-likeness (QED) is 0.593. The largest absolute Gasteiger partial charge is 0.459 e. The Labute approximate surface area is 147 Å². The summed E-state index contributed by atoms with van der Waals surface area (Å²) in [4.78, 5) is 38.0. The van der Waals surface area contributed by atoms with Gasteiger partial charge in [-0.2, -0.15) is 0 Å². The number of anilines is 1. The van der Waals surface area contributed by atoms with E-state index in [9.17, 15) is 14.4 Å². The second-order valence-electron chi connectivity index (χ2n) is 5.64. The van der Waals surface area contributed by atoms with Gasteiger partial charge in [-0.1, -0.05) is 15.9 Å². The summed E-state index contributed by atoms with van der Waals surface area (Å²) in [5, 5.41) is 0. The number of carbonyl (C=O) groups excluding carboxylic acids is 3. The molecule has 0 bridgehead atoms. The van der Waals surface area contributed by atoms with Crippen LogP contribution in [0, 0.1) is 0 Å². The molecule has 0 atom stereocenters. The van der Waals surface area contributed by atoms with Crippen LogP contribution in [0.1, 0.15) is 44.9 Å². The van der Waals surface area contributed by atoms with Crippen LogP contribution in [0.5, 0.6) is 0 Å². The molecule has 0 N–H and O–H groups in total. The number of ether oxygens (including phenoxy) is 1. The smallest absolute Gasteiger partial charge is 0.338 e. The number of fused-ring (bicyclic) bond motifs is 1. The maximum absolute atomic E-state index is 12.5. The van der Waals surface area contributed by atoms with Crippen molar-refractivity contribution in [3.05, 3.63) is 63.6 Å². The van der Waals surface area contributed by atoms with E-state index in [1.807, 2.05) is 0 Å². The Bertz CT molecular complexity index is 843. The van der Waals surface area contributed by atoms with E-state index in [-0.39, 0.29) is 17.9 Å². The minimum Gasteiger partial charge on any atom is -0.459 e. The lowest BCUT2D eigenvalue weighted by molar-refractivity contribution is 0.0377. The van der Waals surface area contributed by atoms with Crippen molar-refractivity contribution in [1.29, 1.82) is 0 Å². The number of esters is 1. The van der Waals surface area contributed by atoms with Crippen molar-refractivity contribution >= 4 is 39.4 Å². The molecule has 0 saturated carbocycles. The summed E-state index contributed by atoms with van der Waals surface area (Å²) in [7, 11) is 0. The molecule has 122 valence electrons. The first kappa shape index (κ1) is 16.4. The molecular weight excluding hydrogens is 374 g/mol. The van der Waals surface area contributed by atoms with Crippen LogP contribution in [-0.4, -0.2) is 23.9 Å². The van der Waals surface area contributed by atoms with Gasteiger partial charge in [0.1, 0.15) is 0 Å². The molecule has 1 aliphatic heterocycles. The monoisotopic (exact) mass is 387 g/mol. The van der Waals surface area contributed by atoms with Crippen molar-refractivity contribution in [2.24, 2.45) is 0 Å². The van der Waals surface area contributed by atoms with Crippen LogP contribution in [0.2, 0.25) is 0 Å². The highest BCUT2D eigenvalue weighted by atomic mass is 79.9. The van der Waals surface area contributed by atoms with E-state index in [0.717, 1.165) is 9.37 Å². The molecule has 0 fully saturated rings. The molecule has 0 saturated heterocycles. The average molecular weight is 388 g/mol. The van der Waals surface area contributed by atoms with Gasteiger partial charge in [0.05, 0.1) is 28.5 Å². The van der Waals surface area contributed by atoms with Gasteiger partial charge < -0.3 is 4.74 Å². The van der Waals surface area contributed by atoms with Gasteiger partial charge in [0.2, 0.25) is 0 Å². The van der Waals surface area contributed by atoms with E-state index in [0.29, 0.717) is 22.4 Å². The summed E-state index contributed by atoms with van der Waals surface area (Å²) in [6.07, 6.45) is -0.216. The Morgan fingerprint density at radius 3 is 2.25 bits per heavy atom. The minimum atomic E-state index is -0.442. The Balaban J connectivity index is 1.89. The third-order valence-corrected chi connectivity index (χ3v) is 4.05. The highest BCUT2D eigenvalue weighted by Gasteiger charge is 2.36. The average Bonchev–Trinajstić information content (AvgIpc) is 2.78. The number of amides is 2. The highest BCUT2D eigenvalue weighted by molar-refractivity contribution is 9.10. The van der Waals surface area contributed by atoms with Crippen LogP contribution in [0.25, 0.3) is 0 Å². The molecule has 24 heavy (non-hydrogen) atoms. The molecule has 0 radical (unpaired) electrons. The summed E-state index contributed by atoms with van der Waals surface area (Å²) in [6, 6.07) is 11.2. The number of nitrogens with zero attached hydrogens (tertiary/aromatic N) is 1. The molecule has 3 rings (SSSR count). The van der Waals surface area contributed by atoms with Gasteiger partial charge in [-0.05, 0) is 56.3 Å². The molecule has 1 heterocycles. The van der Waals surface area contributed by atoms with Crippen molar-refractivity contribution in [2.45, 2.75) is 20.0 Å². The van der Waals surface area contributed by atoms with Crippen LogP contribution >= 0.6 is 15.9 Å². The molecule has 5 nitrogen and oxygen atoms in total. The lowest BCUT2D eigenvalue weighted by Crippen LogP contribution is -2.29. The highest BCUT2D eigenvalue weighted by Crippen LogP contribution is 2.30. The topological polar surface area (TPSA) is 63.7 Å². The lowest BCUT2D eigenvalue weighted by Gasteiger charge is -2.14. The number of hydrogen-bond donors (Lipinski definition) is 0. The van der Waals surface area contributed by atoms with Crippen molar-refractivity contribution in [1.82, 2.24) is 0 Å². The molecule has 0 unspecified atom stereocenters. The first-order valence-corrected chi connectivity index (χ1v) is 8.17. The number of hydrogen-bond acceptors (Lipinski definition) is 4. The van der Waals surface area contributed by atoms with E-state index >= 15 is 0 Å². The molecule has 0 aromatic heterocycles. The predicted molar refractivity (Wildman–Crippen MR) is 92.3 cm³/mol. The lowest BCUT2D eigenvalue weighted by atomic mass is 10.1. The summed E-state index contributed by atoms with van der Waals surface area (Å²) >= 11 is 3.30. The third-order valence-electron chi connectivity index (χ3n) is 3.55. The fourth-order valence-corrected chi connectivity index (χ4v) is 2.84. The van der Waals surface area contributed by atoms with Gasteiger partial charge in [0.25, 0.3) is 11.8 Å². The standard InChI is InChI=1S/C18H14BrNO4/c1-10(2)24-18(23)11-3-6-13(7-4-11)20-16(21)14-8-5-12(19)9-15(14)17(20)22/h3-10H,1-2H3. The zero-order chi connectivity index (χ0) is 17.4. The summed E-state index contributed by atoms with van der Waals surface area (Å²) in [5.41, 5.74) is 1.51. The van der Waals surface area contributed by atoms with Crippen molar-refractivity contribution in [2.75, 3.05) is 4.90 Å². The molecule has 6 heteroatoms. The van der Waals surface area contributed by atoms with Gasteiger partial charge in [-0.3, -0.25) is 9.59 Å². The van der Waals surface area contributed by atoms with E-state index in [2.05, 4.69) is 15.9 Å². The first-order valence-electron chi connectivity index (χ1n) is 7.38. The normalized spacial score (nSPS) is 13.4. The zero-order valence-corrected chi connectivity index (χ0v) is 14.7. The molecule has 1 aliphatic rings. The van der Waals surface area contributed by atoms with Gasteiger partial charge in [0, 0.05) is 4.47 Å². The minimum absolute atomic E-state index is 0.216. The number of rotatable bonds is 3. The van der Waals surface area contributed by atoms with Crippen LogP contribution in [0.15, 0.2) is 46.9 Å². The third kappa shape index (κ3) is 2.85. The van der Waals surface area contributed by atoms with Gasteiger partial charge >= 0.3 is 5.97 Å². The van der Waals surface area contributed by atoms with Crippen LogP contribution < -0.4 is 4.90 Å². The molecule has 0 aliphatic carbocycles. The van der Waals surface area contributed by atoms with Gasteiger partial charge in [0.15, 0.2) is 0 Å². The van der Waals surface area contributed by atoms with Crippen LogP contribution in [0.4, 0.5) is 5.69 Å². The molecule has 2 amide bonds. The van der Waals surface area contributed by atoms with E-state index in [1.165, 1.54) is 0 Å². The van der Waals surface area contributed by atoms with Gasteiger partial charge in [-0.15, -0.1) is 0 Å². The maximum Gasteiger partial charge on any atom is 0.338 e. The Kier molecular flexibility index (Phi) is 4.24. The SMILES string of the molecule is CC(C)OC(=O)c1ccc(N2C(=O)c3ccc(Br)cc3C2=O)cc1. The van der Waals surface area contributed by atoms with Crippen LogP contribution in [0.3, 0.4) is 0 Å². The summed E-state index contributed by atoms with van der Waals surface area (Å²) < 4.78 is 5.85. The number of imide groups is 1. The molecular formula is C18H14BrNO4. The maximum atomic E-state index is 12.5. The summed E-state index contributed by atoms with van der Waals surface area (Å²) in [5.74, 6) is -1.20. The summed E-state index contributed by atoms with van der Waals surface area (Å²) in [6.45, 7) is 3.53. The van der Waals surface area contributed by atoms with E-state index in [1.54, 1.807) is 56.3 Å². The zero-order valence-electron chi connectivity index (χ0n) is 13.1. The molecule has 2 aromatic rings. The first-order chi connectivity index (χ1) is 11.4. The van der Waals surface area contributed by atoms with Gasteiger partial charge in [-0.25, -0.2) is 9.69 Å². The molecule has 0 spiro atoms. The Morgan fingerprint density at radius 1 is 1.00 bits per heavy atom. The van der Waals surface area contributed by atoms with Crippen molar-refractivity contribution in [3.8, 4) is 0 Å². The van der Waals surface area contributed by atoms with E-state index in [4.69, 9.17) is 4.74 Å². The fourth-order valence-electron chi connectivity index (χ4n) is 2.48. The number of carbonyl (C=O) groups is 3.